The first-order valence-corrected chi connectivity index (χ1v) is 8.78. The predicted octanol–water partition coefficient (Wildman–Crippen LogP) is 3.11. The Morgan fingerprint density at radius 2 is 2.07 bits per heavy atom. The summed E-state index contributed by atoms with van der Waals surface area (Å²) in [5.41, 5.74) is 1.64. The molecule has 0 unspecified atom stereocenters. The number of hydrogen-bond acceptors (Lipinski definition) is 4. The number of nitrogens with zero attached hydrogens (tertiary/aromatic N) is 2. The minimum atomic E-state index is -0.285. The summed E-state index contributed by atoms with van der Waals surface area (Å²) in [7, 11) is 1.60. The van der Waals surface area contributed by atoms with Gasteiger partial charge in [-0.1, -0.05) is 12.1 Å². The van der Waals surface area contributed by atoms with Crippen LogP contribution in [-0.2, 0) is 17.8 Å². The van der Waals surface area contributed by atoms with Crippen molar-refractivity contribution in [3.63, 3.8) is 0 Å². The molecule has 0 saturated carbocycles. The summed E-state index contributed by atoms with van der Waals surface area (Å²) in [4.78, 5) is 12.3. The molecule has 3 rings (SSSR count). The van der Waals surface area contributed by atoms with Crippen LogP contribution in [0.15, 0.2) is 48.5 Å². The number of halogens is 1. The van der Waals surface area contributed by atoms with Gasteiger partial charge in [-0.3, -0.25) is 14.5 Å². The van der Waals surface area contributed by atoms with Crippen LogP contribution in [0.1, 0.15) is 5.56 Å². The number of carbonyl (C=O) groups is 1. The van der Waals surface area contributed by atoms with Crippen molar-refractivity contribution in [3.8, 4) is 17.1 Å². The van der Waals surface area contributed by atoms with Crippen LogP contribution in [0.3, 0.4) is 0 Å². The third kappa shape index (κ3) is 4.79. The fraction of sp³-hybridized carbons (Fsp3) is 0.211. The molecule has 0 spiro atoms. The number of methoxy groups -OCH3 is 1. The van der Waals surface area contributed by atoms with Crippen molar-refractivity contribution in [3.05, 3.63) is 64.7 Å². The van der Waals surface area contributed by atoms with Gasteiger partial charge >= 0.3 is 0 Å². The van der Waals surface area contributed by atoms with Gasteiger partial charge in [-0.25, -0.2) is 4.39 Å². The first-order valence-electron chi connectivity index (χ1n) is 8.37. The largest absolute Gasteiger partial charge is 0.497 e. The van der Waals surface area contributed by atoms with Crippen LogP contribution in [0.4, 0.5) is 4.39 Å². The zero-order valence-corrected chi connectivity index (χ0v) is 15.6. The van der Waals surface area contributed by atoms with Crippen LogP contribution in [-0.4, -0.2) is 34.3 Å². The van der Waals surface area contributed by atoms with Gasteiger partial charge in [0.2, 0.25) is 5.91 Å². The minimum absolute atomic E-state index is 0.0415. The lowest BCUT2D eigenvalue weighted by Crippen LogP contribution is -2.29. The highest BCUT2D eigenvalue weighted by molar-refractivity contribution is 7.71. The number of benzene rings is 2. The van der Waals surface area contributed by atoms with Crippen molar-refractivity contribution in [2.75, 3.05) is 13.7 Å². The molecule has 0 aliphatic rings. The molecule has 140 valence electrons. The van der Waals surface area contributed by atoms with Gasteiger partial charge in [0.1, 0.15) is 18.1 Å². The molecule has 1 heterocycles. The fourth-order valence-electron chi connectivity index (χ4n) is 2.66. The second-order valence-corrected chi connectivity index (χ2v) is 6.28. The number of nitrogens with one attached hydrogen (secondary N) is 2. The first-order chi connectivity index (χ1) is 13.1. The predicted molar refractivity (Wildman–Crippen MR) is 103 cm³/mol. The summed E-state index contributed by atoms with van der Waals surface area (Å²) in [6.07, 6.45) is 0.547. The monoisotopic (exact) mass is 386 g/mol. The van der Waals surface area contributed by atoms with Gasteiger partial charge in [0, 0.05) is 12.1 Å². The summed E-state index contributed by atoms with van der Waals surface area (Å²) in [5, 5.41) is 9.76. The van der Waals surface area contributed by atoms with Crippen LogP contribution in [0, 0.1) is 10.6 Å². The molecule has 8 heteroatoms. The van der Waals surface area contributed by atoms with Gasteiger partial charge < -0.3 is 10.1 Å². The lowest BCUT2D eigenvalue weighted by Gasteiger charge is -2.09. The zero-order valence-electron chi connectivity index (χ0n) is 14.7. The van der Waals surface area contributed by atoms with Crippen molar-refractivity contribution in [2.24, 2.45) is 0 Å². The van der Waals surface area contributed by atoms with Gasteiger partial charge in [0.05, 0.1) is 7.11 Å². The molecular formula is C19H19FN4O2S. The van der Waals surface area contributed by atoms with Crippen LogP contribution in [0.25, 0.3) is 11.4 Å². The number of aromatic nitrogens is 3. The molecule has 27 heavy (non-hydrogen) atoms. The van der Waals surface area contributed by atoms with E-state index in [0.717, 1.165) is 16.9 Å². The zero-order chi connectivity index (χ0) is 19.2. The maximum absolute atomic E-state index is 13.2. The molecule has 1 amide bonds. The normalized spacial score (nSPS) is 10.6. The standard InChI is InChI=1S/C19H19FN4O2S/c1-26-16-7-5-14(6-8-16)18-22-23-19(27)24(18)12-17(25)21-10-9-13-3-2-4-15(20)11-13/h2-8,11H,9-10,12H2,1H3,(H,21,25)(H,23,27). The van der Waals surface area contributed by atoms with Crippen molar-refractivity contribution < 1.29 is 13.9 Å². The van der Waals surface area contributed by atoms with Crippen molar-refractivity contribution >= 4 is 18.1 Å². The summed E-state index contributed by atoms with van der Waals surface area (Å²) >= 11 is 5.24. The molecular weight excluding hydrogens is 367 g/mol. The van der Waals surface area contributed by atoms with Crippen LogP contribution in [0.2, 0.25) is 0 Å². The average molecular weight is 386 g/mol. The van der Waals surface area contributed by atoms with Crippen LogP contribution >= 0.6 is 12.2 Å². The maximum atomic E-state index is 13.2. The van der Waals surface area contributed by atoms with E-state index in [1.807, 2.05) is 30.3 Å². The van der Waals surface area contributed by atoms with Crippen LogP contribution < -0.4 is 10.1 Å². The van der Waals surface area contributed by atoms with Crippen LogP contribution in [0.5, 0.6) is 5.75 Å². The second-order valence-electron chi connectivity index (χ2n) is 5.90. The Morgan fingerprint density at radius 1 is 1.30 bits per heavy atom. The highest BCUT2D eigenvalue weighted by Crippen LogP contribution is 2.20. The number of ether oxygens (including phenoxy) is 1. The smallest absolute Gasteiger partial charge is 0.240 e. The molecule has 0 aliphatic heterocycles. The first kappa shape index (κ1) is 18.8. The average Bonchev–Trinajstić information content (AvgIpc) is 3.02. The Hall–Kier alpha value is -3.00. The highest BCUT2D eigenvalue weighted by atomic mass is 32.1. The molecule has 0 fully saturated rings. The third-order valence-corrected chi connectivity index (χ3v) is 4.34. The van der Waals surface area contributed by atoms with E-state index >= 15 is 0 Å². The van der Waals surface area contributed by atoms with Gasteiger partial charge in [0.25, 0.3) is 0 Å². The van der Waals surface area contributed by atoms with Crippen molar-refractivity contribution in [1.29, 1.82) is 0 Å². The number of aromatic amines is 1. The number of rotatable bonds is 7. The topological polar surface area (TPSA) is 71.9 Å². The maximum Gasteiger partial charge on any atom is 0.240 e. The third-order valence-electron chi connectivity index (χ3n) is 4.03. The number of amides is 1. The fourth-order valence-corrected chi connectivity index (χ4v) is 2.86. The number of H-pyrrole nitrogens is 1. The van der Waals surface area contributed by atoms with Gasteiger partial charge in [-0.05, 0) is 60.6 Å². The van der Waals surface area contributed by atoms with Crippen molar-refractivity contribution in [2.45, 2.75) is 13.0 Å². The lowest BCUT2D eigenvalue weighted by molar-refractivity contribution is -0.121. The van der Waals surface area contributed by atoms with E-state index < -0.39 is 0 Å². The summed E-state index contributed by atoms with van der Waals surface area (Å²) in [5.74, 6) is 0.823. The Balaban J connectivity index is 1.64. The Labute approximate surface area is 161 Å². The molecule has 1 aromatic heterocycles. The molecule has 0 saturated heterocycles. The quantitative estimate of drug-likeness (QED) is 0.612. The second kappa shape index (κ2) is 8.59. The van der Waals surface area contributed by atoms with E-state index in [-0.39, 0.29) is 18.3 Å². The molecule has 3 aromatic rings. The van der Waals surface area contributed by atoms with E-state index in [1.54, 1.807) is 17.7 Å². The lowest BCUT2D eigenvalue weighted by atomic mass is 10.1. The SMILES string of the molecule is COc1ccc(-c2n[nH]c(=S)n2CC(=O)NCCc2cccc(F)c2)cc1. The molecule has 2 N–H and O–H groups in total. The Morgan fingerprint density at radius 3 is 2.78 bits per heavy atom. The number of carbonyl (C=O) groups excluding carboxylic acids is 1. The van der Waals surface area contributed by atoms with E-state index in [1.165, 1.54) is 12.1 Å². The highest BCUT2D eigenvalue weighted by Gasteiger charge is 2.12. The molecule has 6 nitrogen and oxygen atoms in total. The molecule has 2 aromatic carbocycles. The van der Waals surface area contributed by atoms with E-state index in [0.29, 0.717) is 23.6 Å². The molecule has 0 atom stereocenters. The van der Waals surface area contributed by atoms with Gasteiger partial charge in [0.15, 0.2) is 10.6 Å². The molecule has 0 aliphatic carbocycles. The summed E-state index contributed by atoms with van der Waals surface area (Å²) in [6.45, 7) is 0.450. The summed E-state index contributed by atoms with van der Waals surface area (Å²) in [6, 6.07) is 13.7. The van der Waals surface area contributed by atoms with E-state index in [9.17, 15) is 9.18 Å². The van der Waals surface area contributed by atoms with E-state index in [4.69, 9.17) is 17.0 Å². The van der Waals surface area contributed by atoms with Gasteiger partial charge in [-0.2, -0.15) is 5.10 Å². The van der Waals surface area contributed by atoms with E-state index in [2.05, 4.69) is 15.5 Å². The Bertz CT molecular complexity index is 982. The summed E-state index contributed by atoms with van der Waals surface area (Å²) < 4.78 is 20.3. The van der Waals surface area contributed by atoms with Gasteiger partial charge in [-0.15, -0.1) is 0 Å². The van der Waals surface area contributed by atoms with Crippen molar-refractivity contribution in [1.82, 2.24) is 20.1 Å². The number of hydrogen-bond donors (Lipinski definition) is 2. The molecule has 0 radical (unpaired) electrons. The molecule has 0 bridgehead atoms. The Kier molecular flexibility index (Phi) is 5.97. The minimum Gasteiger partial charge on any atom is -0.497 e.